The van der Waals surface area contributed by atoms with Crippen LogP contribution in [-0.2, 0) is 25.4 Å². The minimum atomic E-state index is -1.74. The van der Waals surface area contributed by atoms with Crippen molar-refractivity contribution >= 4 is 11.2 Å². The summed E-state index contributed by atoms with van der Waals surface area (Å²) in [5, 5.41) is 76.5. The lowest BCUT2D eigenvalue weighted by atomic mass is 9.97. The van der Waals surface area contributed by atoms with Gasteiger partial charge in [-0.3, -0.25) is 0 Å². The second-order valence-electron chi connectivity index (χ2n) is 6.27. The molecular weight excluding hydrogens is 392 g/mol. The Morgan fingerprint density at radius 2 is 1.30 bits per heavy atom. The predicted octanol–water partition coefficient (Wildman–Crippen LogP) is -5.40. The summed E-state index contributed by atoms with van der Waals surface area (Å²) in [5.74, 6) is 0. The largest absolute Gasteiger partial charge is 0.617 e. The fraction of sp³-hybridized carbons (Fsp3) is 1.00. The van der Waals surface area contributed by atoms with E-state index in [1.165, 1.54) is 0 Å². The van der Waals surface area contributed by atoms with Gasteiger partial charge in [-0.1, -0.05) is 11.2 Å². The molecule has 162 valence electrons. The SMILES string of the molecule is C[S+](C)[O-].OC[C@H]1O[C@H](O[C@H]2[C@H](O)[C@@H](O)[C@H](O)O[C@@H]2CO)[C@H](O)[C@@H](O)[C@@H]1O. The molecule has 2 heterocycles. The maximum atomic E-state index is 9.94. The van der Waals surface area contributed by atoms with E-state index in [2.05, 4.69) is 0 Å². The van der Waals surface area contributed by atoms with Crippen LogP contribution in [0.1, 0.15) is 0 Å². The maximum Gasteiger partial charge on any atom is 0.187 e. The molecule has 0 radical (unpaired) electrons. The Balaban J connectivity index is 0.000000828. The third-order valence-electron chi connectivity index (χ3n) is 3.98. The maximum absolute atomic E-state index is 9.94. The van der Waals surface area contributed by atoms with Crippen molar-refractivity contribution in [2.24, 2.45) is 0 Å². The van der Waals surface area contributed by atoms with E-state index in [-0.39, 0.29) is 0 Å². The molecule has 0 spiro atoms. The molecule has 0 amide bonds. The van der Waals surface area contributed by atoms with Crippen LogP contribution in [0.25, 0.3) is 0 Å². The highest BCUT2D eigenvalue weighted by Crippen LogP contribution is 2.28. The lowest BCUT2D eigenvalue weighted by Crippen LogP contribution is -2.64. The average molecular weight is 420 g/mol. The number of hydrogen-bond acceptors (Lipinski definition) is 12. The fourth-order valence-electron chi connectivity index (χ4n) is 2.57. The van der Waals surface area contributed by atoms with Gasteiger partial charge in [0.15, 0.2) is 12.6 Å². The summed E-state index contributed by atoms with van der Waals surface area (Å²) in [4.78, 5) is 0. The molecule has 2 aliphatic rings. The summed E-state index contributed by atoms with van der Waals surface area (Å²) in [6.07, 6.45) is -12.3. The summed E-state index contributed by atoms with van der Waals surface area (Å²) >= 11 is -0.611. The topological polar surface area (TPSA) is 213 Å². The van der Waals surface area contributed by atoms with Crippen molar-refractivity contribution in [3.8, 4) is 0 Å². The Bertz CT molecular complexity index is 422. The molecule has 0 aromatic rings. The van der Waals surface area contributed by atoms with Crippen molar-refractivity contribution in [1.82, 2.24) is 0 Å². The molecule has 0 aromatic heterocycles. The molecule has 0 aliphatic carbocycles. The second-order valence-corrected chi connectivity index (χ2v) is 7.75. The van der Waals surface area contributed by atoms with Crippen LogP contribution < -0.4 is 0 Å². The Morgan fingerprint density at radius 1 is 0.778 bits per heavy atom. The van der Waals surface area contributed by atoms with Gasteiger partial charge in [-0.25, -0.2) is 0 Å². The molecule has 12 nitrogen and oxygen atoms in total. The van der Waals surface area contributed by atoms with E-state index in [1.807, 2.05) is 0 Å². The van der Waals surface area contributed by atoms with Crippen molar-refractivity contribution in [3.63, 3.8) is 0 Å². The Morgan fingerprint density at radius 3 is 1.78 bits per heavy atom. The molecule has 13 heteroatoms. The molecule has 0 bridgehead atoms. The van der Waals surface area contributed by atoms with Crippen molar-refractivity contribution in [3.05, 3.63) is 0 Å². The van der Waals surface area contributed by atoms with Gasteiger partial charge >= 0.3 is 0 Å². The molecule has 2 fully saturated rings. The summed E-state index contributed by atoms with van der Waals surface area (Å²) in [6, 6.07) is 0. The third-order valence-corrected chi connectivity index (χ3v) is 3.98. The Labute approximate surface area is 158 Å². The van der Waals surface area contributed by atoms with Crippen molar-refractivity contribution in [2.45, 2.75) is 61.4 Å². The minimum absolute atomic E-state index is 0.611. The fourth-order valence-corrected chi connectivity index (χ4v) is 2.57. The molecule has 8 N–H and O–H groups in total. The molecule has 0 aromatic carbocycles. The molecule has 0 saturated carbocycles. The lowest BCUT2D eigenvalue weighted by molar-refractivity contribution is -0.355. The van der Waals surface area contributed by atoms with E-state index in [0.717, 1.165) is 0 Å². The van der Waals surface area contributed by atoms with Gasteiger partial charge in [0.1, 0.15) is 48.8 Å². The summed E-state index contributed by atoms with van der Waals surface area (Å²) in [6.45, 7) is -1.35. The van der Waals surface area contributed by atoms with Crippen LogP contribution in [0, 0.1) is 0 Å². The van der Waals surface area contributed by atoms with E-state index in [9.17, 15) is 40.3 Å². The van der Waals surface area contributed by atoms with E-state index < -0.39 is 85.8 Å². The lowest BCUT2D eigenvalue weighted by Gasteiger charge is -2.45. The van der Waals surface area contributed by atoms with Gasteiger partial charge in [-0.05, 0) is 0 Å². The van der Waals surface area contributed by atoms with Crippen LogP contribution in [0.5, 0.6) is 0 Å². The molecule has 2 rings (SSSR count). The number of ether oxygens (including phenoxy) is 3. The van der Waals surface area contributed by atoms with Gasteiger partial charge in [-0.2, -0.15) is 0 Å². The van der Waals surface area contributed by atoms with Crippen molar-refractivity contribution in [2.75, 3.05) is 25.7 Å². The van der Waals surface area contributed by atoms with Gasteiger partial charge in [-0.15, -0.1) is 0 Å². The highest BCUT2D eigenvalue weighted by molar-refractivity contribution is 7.89. The number of aliphatic hydroxyl groups excluding tert-OH is 8. The predicted molar refractivity (Wildman–Crippen MR) is 88.6 cm³/mol. The first-order valence-corrected chi connectivity index (χ1v) is 10.0. The van der Waals surface area contributed by atoms with Crippen LogP contribution in [0.2, 0.25) is 0 Å². The smallest absolute Gasteiger partial charge is 0.187 e. The van der Waals surface area contributed by atoms with E-state index >= 15 is 0 Å². The molecule has 0 unspecified atom stereocenters. The molecule has 2 aliphatic heterocycles. The van der Waals surface area contributed by atoms with Crippen molar-refractivity contribution < 1.29 is 59.6 Å². The molecule has 27 heavy (non-hydrogen) atoms. The second kappa shape index (κ2) is 11.2. The molecule has 2 saturated heterocycles. The van der Waals surface area contributed by atoms with Crippen LogP contribution in [0.3, 0.4) is 0 Å². The zero-order chi connectivity index (χ0) is 20.9. The quantitative estimate of drug-likeness (QED) is 0.200. The summed E-state index contributed by atoms with van der Waals surface area (Å²) < 4.78 is 24.8. The van der Waals surface area contributed by atoms with Gasteiger partial charge in [0, 0.05) is 0 Å². The number of hydrogen-bond donors (Lipinski definition) is 8. The van der Waals surface area contributed by atoms with Crippen molar-refractivity contribution in [1.29, 1.82) is 0 Å². The normalized spacial score (nSPS) is 45.3. The minimum Gasteiger partial charge on any atom is -0.617 e. The van der Waals surface area contributed by atoms with Gasteiger partial charge < -0.3 is 59.6 Å². The zero-order valence-corrected chi connectivity index (χ0v) is 15.6. The van der Waals surface area contributed by atoms with E-state index in [1.54, 1.807) is 12.5 Å². The van der Waals surface area contributed by atoms with Crippen LogP contribution >= 0.6 is 0 Å². The highest BCUT2D eigenvalue weighted by Gasteiger charge is 2.50. The zero-order valence-electron chi connectivity index (χ0n) is 14.8. The van der Waals surface area contributed by atoms with Crippen LogP contribution in [0.15, 0.2) is 0 Å². The van der Waals surface area contributed by atoms with E-state index in [4.69, 9.17) is 19.3 Å². The monoisotopic (exact) mass is 420 g/mol. The molecule has 10 atom stereocenters. The first-order chi connectivity index (χ1) is 12.5. The van der Waals surface area contributed by atoms with Gasteiger partial charge in [0.2, 0.25) is 0 Å². The first-order valence-electron chi connectivity index (χ1n) is 8.06. The highest BCUT2D eigenvalue weighted by atomic mass is 32.2. The standard InChI is InChI=1S/C12H22O11.C2H6OS/c13-1-3-5(15)6(16)9(19)12(22-3)23-10-4(2-14)21-11(20)8(18)7(10)17;1-4(2)3/h3-20H,1-2H2;1-2H3/t3-,4-,5-,6+,7-,8-,9-,10-,11-,12-;/m1./s1. The van der Waals surface area contributed by atoms with E-state index in [0.29, 0.717) is 0 Å². The number of aliphatic hydroxyl groups is 8. The van der Waals surface area contributed by atoms with Crippen LogP contribution in [0.4, 0.5) is 0 Å². The van der Waals surface area contributed by atoms with Gasteiger partial charge in [0.25, 0.3) is 0 Å². The Kier molecular flexibility index (Phi) is 10.3. The first kappa shape index (κ1) is 24.9. The van der Waals surface area contributed by atoms with Gasteiger partial charge in [0.05, 0.1) is 25.7 Å². The Hall–Kier alpha value is -0.130. The van der Waals surface area contributed by atoms with Crippen LogP contribution in [-0.4, -0.2) is 133 Å². The number of rotatable bonds is 4. The average Bonchev–Trinajstić information content (AvgIpc) is 2.61. The molecular formula is C14H28O12S. The summed E-state index contributed by atoms with van der Waals surface area (Å²) in [5.41, 5.74) is 0. The third kappa shape index (κ3) is 6.43. The summed E-state index contributed by atoms with van der Waals surface area (Å²) in [7, 11) is 0.